The summed E-state index contributed by atoms with van der Waals surface area (Å²) in [6.45, 7) is 1.42. The van der Waals surface area contributed by atoms with Gasteiger partial charge in [0.25, 0.3) is 0 Å². The summed E-state index contributed by atoms with van der Waals surface area (Å²) in [5.74, 6) is 2.29. The van der Waals surface area contributed by atoms with Gasteiger partial charge in [-0.2, -0.15) is 0 Å². The van der Waals surface area contributed by atoms with Crippen molar-refractivity contribution in [2.45, 2.75) is 43.7 Å². The molecule has 1 aliphatic heterocycles. The van der Waals surface area contributed by atoms with Gasteiger partial charge in [-0.25, -0.2) is 4.79 Å². The summed E-state index contributed by atoms with van der Waals surface area (Å²) in [6.07, 6.45) is 4.20. The summed E-state index contributed by atoms with van der Waals surface area (Å²) < 4.78 is 10.6. The van der Waals surface area contributed by atoms with Crippen LogP contribution in [0.2, 0.25) is 0 Å². The molecule has 4 rings (SSSR count). The van der Waals surface area contributed by atoms with E-state index in [1.807, 2.05) is 35.2 Å². The first kappa shape index (κ1) is 18.7. The molecule has 0 atom stereocenters. The minimum atomic E-state index is -0.0844. The first-order valence-corrected chi connectivity index (χ1v) is 9.95. The van der Waals surface area contributed by atoms with Gasteiger partial charge in [0.2, 0.25) is 0 Å². The Balaban J connectivity index is 1.38. The highest BCUT2D eigenvalue weighted by atomic mass is 16.5. The summed E-state index contributed by atoms with van der Waals surface area (Å²) >= 11 is 0. The number of methoxy groups -OCH3 is 2. The van der Waals surface area contributed by atoms with Gasteiger partial charge in [-0.1, -0.05) is 24.3 Å². The van der Waals surface area contributed by atoms with Gasteiger partial charge in [0.1, 0.15) is 11.5 Å². The molecule has 0 bridgehead atoms. The summed E-state index contributed by atoms with van der Waals surface area (Å²) in [6, 6.07) is 16.4. The lowest BCUT2D eigenvalue weighted by Gasteiger charge is -2.37. The van der Waals surface area contributed by atoms with Gasteiger partial charge in [-0.15, -0.1) is 0 Å². The molecule has 5 nitrogen and oxygen atoms in total. The molecular formula is C23H28N2O3. The largest absolute Gasteiger partial charge is 0.497 e. The van der Waals surface area contributed by atoms with E-state index in [4.69, 9.17) is 9.47 Å². The van der Waals surface area contributed by atoms with Crippen LogP contribution < -0.4 is 14.8 Å². The van der Waals surface area contributed by atoms with E-state index in [9.17, 15) is 4.79 Å². The number of hydrogen-bond acceptors (Lipinski definition) is 3. The van der Waals surface area contributed by atoms with Crippen molar-refractivity contribution >= 4 is 6.03 Å². The molecule has 2 fully saturated rings. The van der Waals surface area contributed by atoms with E-state index in [2.05, 4.69) is 23.5 Å². The summed E-state index contributed by atoms with van der Waals surface area (Å²) in [5, 5.41) is 3.29. The van der Waals surface area contributed by atoms with Crippen LogP contribution in [-0.4, -0.2) is 37.2 Å². The zero-order valence-corrected chi connectivity index (χ0v) is 16.6. The SMILES string of the molecule is COc1ccc(CN2CC3(CCC(c4cccc(OC)c4)CC3)NC2=O)cc1. The van der Waals surface area contributed by atoms with Crippen molar-refractivity contribution < 1.29 is 14.3 Å². The third-order valence-electron chi connectivity index (χ3n) is 6.19. The fourth-order valence-electron chi connectivity index (χ4n) is 4.54. The number of amides is 2. The van der Waals surface area contributed by atoms with Crippen molar-refractivity contribution in [1.82, 2.24) is 10.2 Å². The highest BCUT2D eigenvalue weighted by Crippen LogP contribution is 2.41. The van der Waals surface area contributed by atoms with Crippen molar-refractivity contribution in [3.63, 3.8) is 0 Å². The lowest BCUT2D eigenvalue weighted by atomic mass is 9.74. The van der Waals surface area contributed by atoms with Crippen LogP contribution in [0, 0.1) is 0 Å². The highest BCUT2D eigenvalue weighted by Gasteiger charge is 2.44. The first-order chi connectivity index (χ1) is 13.6. The number of carbonyl (C=O) groups is 1. The number of benzene rings is 2. The second kappa shape index (κ2) is 7.74. The Bertz CT molecular complexity index is 826. The number of urea groups is 1. The average molecular weight is 380 g/mol. The molecule has 1 saturated heterocycles. The Morgan fingerprint density at radius 2 is 1.75 bits per heavy atom. The van der Waals surface area contributed by atoms with Crippen molar-refractivity contribution in [1.29, 1.82) is 0 Å². The molecule has 1 saturated carbocycles. The van der Waals surface area contributed by atoms with Gasteiger partial charge in [0.05, 0.1) is 19.8 Å². The minimum Gasteiger partial charge on any atom is -0.497 e. The number of rotatable bonds is 5. The molecule has 148 valence electrons. The zero-order valence-electron chi connectivity index (χ0n) is 16.6. The Kier molecular flexibility index (Phi) is 5.16. The van der Waals surface area contributed by atoms with E-state index >= 15 is 0 Å². The van der Waals surface area contributed by atoms with Crippen LogP contribution >= 0.6 is 0 Å². The Hall–Kier alpha value is -2.69. The fourth-order valence-corrected chi connectivity index (χ4v) is 4.54. The molecule has 2 aromatic rings. The van der Waals surface area contributed by atoms with Crippen LogP contribution in [0.5, 0.6) is 11.5 Å². The molecule has 1 N–H and O–H groups in total. The van der Waals surface area contributed by atoms with Crippen LogP contribution in [0.1, 0.15) is 42.7 Å². The van der Waals surface area contributed by atoms with Crippen LogP contribution in [0.4, 0.5) is 4.79 Å². The van der Waals surface area contributed by atoms with E-state index < -0.39 is 0 Å². The third kappa shape index (κ3) is 3.79. The standard InChI is InChI=1S/C23H28N2O3/c1-27-20-8-6-17(7-9-20)15-25-16-23(24-22(25)26)12-10-18(11-13-23)19-4-3-5-21(14-19)28-2/h3-9,14,18H,10-13,15-16H2,1-2H3,(H,24,26). The normalized spacial score (nSPS) is 24.3. The molecule has 1 heterocycles. The van der Waals surface area contributed by atoms with Crippen molar-refractivity contribution in [3.05, 3.63) is 59.7 Å². The molecule has 2 aromatic carbocycles. The Labute approximate surface area is 166 Å². The lowest BCUT2D eigenvalue weighted by Crippen LogP contribution is -2.46. The summed E-state index contributed by atoms with van der Waals surface area (Å²) in [5.41, 5.74) is 2.38. The Morgan fingerprint density at radius 1 is 1.04 bits per heavy atom. The molecule has 0 radical (unpaired) electrons. The molecule has 2 amide bonds. The van der Waals surface area contributed by atoms with Gasteiger partial charge in [0, 0.05) is 13.1 Å². The molecule has 0 aromatic heterocycles. The fraction of sp³-hybridized carbons (Fsp3) is 0.435. The number of carbonyl (C=O) groups excluding carboxylic acids is 1. The predicted molar refractivity (Wildman–Crippen MR) is 109 cm³/mol. The van der Waals surface area contributed by atoms with E-state index in [-0.39, 0.29) is 11.6 Å². The van der Waals surface area contributed by atoms with Crippen molar-refractivity contribution in [2.75, 3.05) is 20.8 Å². The van der Waals surface area contributed by atoms with Gasteiger partial charge < -0.3 is 19.7 Å². The van der Waals surface area contributed by atoms with E-state index in [1.54, 1.807) is 14.2 Å². The minimum absolute atomic E-state index is 0.0515. The molecule has 28 heavy (non-hydrogen) atoms. The monoisotopic (exact) mass is 380 g/mol. The topological polar surface area (TPSA) is 50.8 Å². The van der Waals surface area contributed by atoms with Crippen LogP contribution in [-0.2, 0) is 6.54 Å². The third-order valence-corrected chi connectivity index (χ3v) is 6.19. The quantitative estimate of drug-likeness (QED) is 0.840. The van der Waals surface area contributed by atoms with Gasteiger partial charge in [0.15, 0.2) is 0 Å². The smallest absolute Gasteiger partial charge is 0.318 e. The predicted octanol–water partition coefficient (Wildman–Crippen LogP) is 4.33. The summed E-state index contributed by atoms with van der Waals surface area (Å²) in [4.78, 5) is 14.5. The molecule has 2 aliphatic rings. The molecular weight excluding hydrogens is 352 g/mol. The highest BCUT2D eigenvalue weighted by molar-refractivity contribution is 5.78. The summed E-state index contributed by atoms with van der Waals surface area (Å²) in [7, 11) is 3.37. The van der Waals surface area contributed by atoms with Gasteiger partial charge in [-0.3, -0.25) is 0 Å². The molecule has 1 aliphatic carbocycles. The van der Waals surface area contributed by atoms with Crippen LogP contribution in [0.25, 0.3) is 0 Å². The van der Waals surface area contributed by atoms with Crippen molar-refractivity contribution in [2.24, 2.45) is 0 Å². The second-order valence-electron chi connectivity index (χ2n) is 7.97. The number of ether oxygens (including phenoxy) is 2. The van der Waals surface area contributed by atoms with Gasteiger partial charge >= 0.3 is 6.03 Å². The number of nitrogens with zero attached hydrogens (tertiary/aromatic N) is 1. The van der Waals surface area contributed by atoms with Crippen LogP contribution in [0.15, 0.2) is 48.5 Å². The van der Waals surface area contributed by atoms with E-state index in [0.717, 1.165) is 49.3 Å². The molecule has 5 heteroatoms. The van der Waals surface area contributed by atoms with Crippen molar-refractivity contribution in [3.8, 4) is 11.5 Å². The van der Waals surface area contributed by atoms with E-state index in [0.29, 0.717) is 12.5 Å². The molecule has 0 unspecified atom stereocenters. The van der Waals surface area contributed by atoms with Crippen LogP contribution in [0.3, 0.4) is 0 Å². The number of hydrogen-bond donors (Lipinski definition) is 1. The lowest BCUT2D eigenvalue weighted by molar-refractivity contribution is 0.214. The Morgan fingerprint density at radius 3 is 2.43 bits per heavy atom. The maximum absolute atomic E-state index is 12.6. The van der Waals surface area contributed by atoms with E-state index in [1.165, 1.54) is 5.56 Å². The first-order valence-electron chi connectivity index (χ1n) is 9.95. The average Bonchev–Trinajstić information content (AvgIpc) is 3.03. The van der Waals surface area contributed by atoms with Gasteiger partial charge in [-0.05, 0) is 67.0 Å². The maximum atomic E-state index is 12.6. The maximum Gasteiger partial charge on any atom is 0.318 e. The number of nitrogens with one attached hydrogen (secondary N) is 1. The second-order valence-corrected chi connectivity index (χ2v) is 7.97. The zero-order chi connectivity index (χ0) is 19.6. The molecule has 1 spiro atoms.